The molecule has 1 aliphatic heterocycles. The van der Waals surface area contributed by atoms with Crippen molar-refractivity contribution in [1.82, 2.24) is 14.5 Å². The van der Waals surface area contributed by atoms with Crippen LogP contribution in [0, 0.1) is 5.92 Å². The third-order valence-corrected chi connectivity index (χ3v) is 4.61. The van der Waals surface area contributed by atoms with Crippen LogP contribution < -0.4 is 5.73 Å². The molecular formula is C19H28Cl2N4O. The van der Waals surface area contributed by atoms with E-state index < -0.39 is 6.04 Å². The van der Waals surface area contributed by atoms with Crippen LogP contribution in [0.1, 0.15) is 31.0 Å². The molecule has 2 N–H and O–H groups in total. The van der Waals surface area contributed by atoms with E-state index in [-0.39, 0.29) is 30.7 Å². The Hall–Kier alpha value is -1.56. The number of nitrogens with two attached hydrogens (primary N) is 1. The van der Waals surface area contributed by atoms with Gasteiger partial charge in [0.25, 0.3) is 0 Å². The molecule has 26 heavy (non-hydrogen) atoms. The molecule has 2 heterocycles. The lowest BCUT2D eigenvalue weighted by Gasteiger charge is -2.32. The van der Waals surface area contributed by atoms with Crippen molar-refractivity contribution >= 4 is 30.7 Å². The molecule has 144 valence electrons. The number of hydrogen-bond donors (Lipinski definition) is 1. The maximum absolute atomic E-state index is 12.5. The van der Waals surface area contributed by atoms with Crippen molar-refractivity contribution in [3.63, 3.8) is 0 Å². The Morgan fingerprint density at radius 2 is 2.04 bits per heavy atom. The second-order valence-corrected chi connectivity index (χ2v) is 6.87. The van der Waals surface area contributed by atoms with E-state index in [1.165, 1.54) is 12.0 Å². The third kappa shape index (κ3) is 6.01. The van der Waals surface area contributed by atoms with E-state index in [0.29, 0.717) is 12.3 Å². The zero-order chi connectivity index (χ0) is 16.9. The Kier molecular flexibility index (Phi) is 9.13. The average Bonchev–Trinajstić information content (AvgIpc) is 3.02. The fourth-order valence-corrected chi connectivity index (χ4v) is 3.33. The molecule has 0 bridgehead atoms. The molecule has 0 radical (unpaired) electrons. The normalized spacial score (nSPS) is 17.8. The van der Waals surface area contributed by atoms with E-state index in [2.05, 4.69) is 24.0 Å². The Bertz CT molecular complexity index is 677. The van der Waals surface area contributed by atoms with Crippen molar-refractivity contribution in [2.45, 2.75) is 38.8 Å². The predicted molar refractivity (Wildman–Crippen MR) is 109 cm³/mol. The number of nitrogens with zero attached hydrogens (tertiary/aromatic N) is 3. The van der Waals surface area contributed by atoms with Gasteiger partial charge in [-0.3, -0.25) is 4.79 Å². The summed E-state index contributed by atoms with van der Waals surface area (Å²) >= 11 is 0. The fourth-order valence-electron chi connectivity index (χ4n) is 3.33. The first kappa shape index (κ1) is 22.5. The Labute approximate surface area is 167 Å². The first-order valence-electron chi connectivity index (χ1n) is 8.71. The number of amides is 1. The standard InChI is InChI=1S/C19H26N4O.2ClH/c1-15-6-5-9-23(11-15)19(24)18(20)10-17-13-22(14-21-17)12-16-7-3-2-4-8-16;;/h2-4,7-8,13-15,18H,5-6,9-12,20H2,1H3;2*1H/t15?,18-;;/m0../s1. The summed E-state index contributed by atoms with van der Waals surface area (Å²) in [4.78, 5) is 18.8. The molecule has 0 spiro atoms. The number of imidazole rings is 1. The van der Waals surface area contributed by atoms with Crippen molar-refractivity contribution in [2.24, 2.45) is 11.7 Å². The fraction of sp³-hybridized carbons (Fsp3) is 0.474. The van der Waals surface area contributed by atoms with E-state index in [1.807, 2.05) is 40.2 Å². The molecule has 1 saturated heterocycles. The quantitative estimate of drug-likeness (QED) is 0.841. The number of carbonyl (C=O) groups is 1. The van der Waals surface area contributed by atoms with Gasteiger partial charge in [0.15, 0.2) is 0 Å². The SMILES string of the molecule is CC1CCCN(C(=O)[C@@H](N)Cc2cn(Cc3ccccc3)cn2)C1.Cl.Cl. The Balaban J connectivity index is 0.00000169. The Morgan fingerprint density at radius 3 is 2.73 bits per heavy atom. The van der Waals surface area contributed by atoms with Gasteiger partial charge in [-0.05, 0) is 24.3 Å². The molecule has 1 aromatic carbocycles. The molecule has 5 nitrogen and oxygen atoms in total. The van der Waals surface area contributed by atoms with Gasteiger partial charge in [0.05, 0.1) is 18.1 Å². The monoisotopic (exact) mass is 398 g/mol. The van der Waals surface area contributed by atoms with Gasteiger partial charge in [-0.1, -0.05) is 37.3 Å². The van der Waals surface area contributed by atoms with Crippen LogP contribution in [0.4, 0.5) is 0 Å². The second kappa shape index (κ2) is 10.6. The summed E-state index contributed by atoms with van der Waals surface area (Å²) in [5.41, 5.74) is 8.25. The van der Waals surface area contributed by atoms with Crippen molar-refractivity contribution in [1.29, 1.82) is 0 Å². The third-order valence-electron chi connectivity index (χ3n) is 4.61. The minimum absolute atomic E-state index is 0. The van der Waals surface area contributed by atoms with Gasteiger partial charge < -0.3 is 15.2 Å². The number of piperidine rings is 1. The zero-order valence-corrected chi connectivity index (χ0v) is 16.7. The van der Waals surface area contributed by atoms with Gasteiger partial charge in [0.2, 0.25) is 5.91 Å². The van der Waals surface area contributed by atoms with Crippen LogP contribution >= 0.6 is 24.8 Å². The zero-order valence-electron chi connectivity index (χ0n) is 15.1. The van der Waals surface area contributed by atoms with Crippen LogP contribution in [0.15, 0.2) is 42.9 Å². The molecule has 1 aliphatic rings. The summed E-state index contributed by atoms with van der Waals surface area (Å²) in [7, 11) is 0. The van der Waals surface area contributed by atoms with E-state index >= 15 is 0 Å². The first-order valence-corrected chi connectivity index (χ1v) is 8.71. The predicted octanol–water partition coefficient (Wildman–Crippen LogP) is 2.90. The molecule has 7 heteroatoms. The summed E-state index contributed by atoms with van der Waals surface area (Å²) in [5, 5.41) is 0. The highest BCUT2D eigenvalue weighted by molar-refractivity contribution is 5.85. The van der Waals surface area contributed by atoms with E-state index in [1.54, 1.807) is 0 Å². The van der Waals surface area contributed by atoms with Crippen molar-refractivity contribution in [3.8, 4) is 0 Å². The number of halogens is 2. The van der Waals surface area contributed by atoms with Crippen LogP contribution in [0.3, 0.4) is 0 Å². The van der Waals surface area contributed by atoms with Gasteiger partial charge in [-0.15, -0.1) is 24.8 Å². The van der Waals surface area contributed by atoms with Crippen molar-refractivity contribution in [3.05, 3.63) is 54.1 Å². The van der Waals surface area contributed by atoms with E-state index in [0.717, 1.165) is 31.7 Å². The van der Waals surface area contributed by atoms with Gasteiger partial charge in [-0.25, -0.2) is 4.98 Å². The van der Waals surface area contributed by atoms with Crippen LogP contribution in [0.25, 0.3) is 0 Å². The van der Waals surface area contributed by atoms with Crippen LogP contribution in [-0.4, -0.2) is 39.5 Å². The molecular weight excluding hydrogens is 371 g/mol. The molecule has 0 saturated carbocycles. The smallest absolute Gasteiger partial charge is 0.239 e. The molecule has 0 aliphatic carbocycles. The van der Waals surface area contributed by atoms with Crippen LogP contribution in [0.2, 0.25) is 0 Å². The minimum atomic E-state index is -0.504. The topological polar surface area (TPSA) is 64.2 Å². The molecule has 1 aromatic heterocycles. The maximum atomic E-state index is 12.5. The van der Waals surface area contributed by atoms with Crippen LogP contribution in [0.5, 0.6) is 0 Å². The summed E-state index contributed by atoms with van der Waals surface area (Å²) in [6, 6.07) is 9.74. The second-order valence-electron chi connectivity index (χ2n) is 6.87. The Morgan fingerprint density at radius 1 is 1.31 bits per heavy atom. The molecule has 1 unspecified atom stereocenters. The highest BCUT2D eigenvalue weighted by Gasteiger charge is 2.25. The summed E-state index contributed by atoms with van der Waals surface area (Å²) in [6.45, 7) is 4.63. The lowest BCUT2D eigenvalue weighted by atomic mass is 9.99. The number of benzene rings is 1. The van der Waals surface area contributed by atoms with Crippen molar-refractivity contribution < 1.29 is 4.79 Å². The molecule has 1 fully saturated rings. The van der Waals surface area contributed by atoms with Crippen LogP contribution in [-0.2, 0) is 17.8 Å². The van der Waals surface area contributed by atoms with Gasteiger partial charge in [-0.2, -0.15) is 0 Å². The van der Waals surface area contributed by atoms with Crippen molar-refractivity contribution in [2.75, 3.05) is 13.1 Å². The molecule has 1 amide bonds. The number of rotatable bonds is 5. The lowest BCUT2D eigenvalue weighted by Crippen LogP contribution is -2.48. The van der Waals surface area contributed by atoms with E-state index in [9.17, 15) is 4.79 Å². The molecule has 2 atom stereocenters. The highest BCUT2D eigenvalue weighted by Crippen LogP contribution is 2.16. The largest absolute Gasteiger partial charge is 0.341 e. The summed E-state index contributed by atoms with van der Waals surface area (Å²) < 4.78 is 2.03. The first-order chi connectivity index (χ1) is 11.6. The maximum Gasteiger partial charge on any atom is 0.239 e. The molecule has 2 aromatic rings. The van der Waals surface area contributed by atoms with Gasteiger partial charge in [0.1, 0.15) is 0 Å². The van der Waals surface area contributed by atoms with Gasteiger partial charge >= 0.3 is 0 Å². The highest BCUT2D eigenvalue weighted by atomic mass is 35.5. The summed E-state index contributed by atoms with van der Waals surface area (Å²) in [6.07, 6.45) is 6.56. The minimum Gasteiger partial charge on any atom is -0.341 e. The summed E-state index contributed by atoms with van der Waals surface area (Å²) in [5.74, 6) is 0.624. The number of likely N-dealkylation sites (tertiary alicyclic amines) is 1. The number of hydrogen-bond acceptors (Lipinski definition) is 3. The lowest BCUT2D eigenvalue weighted by molar-refractivity contribution is -0.134. The molecule has 3 rings (SSSR count). The average molecular weight is 399 g/mol. The van der Waals surface area contributed by atoms with E-state index in [4.69, 9.17) is 5.73 Å². The number of carbonyl (C=O) groups excluding carboxylic acids is 1. The number of aromatic nitrogens is 2. The van der Waals surface area contributed by atoms with Gasteiger partial charge in [0, 0.05) is 32.3 Å².